The van der Waals surface area contributed by atoms with Gasteiger partial charge in [0.1, 0.15) is 0 Å². The lowest BCUT2D eigenvalue weighted by Crippen LogP contribution is -2.33. The van der Waals surface area contributed by atoms with Crippen molar-refractivity contribution in [1.29, 1.82) is 0 Å². The lowest BCUT2D eigenvalue weighted by molar-refractivity contribution is -0.137. The summed E-state index contributed by atoms with van der Waals surface area (Å²) in [6.07, 6.45) is 1.59. The van der Waals surface area contributed by atoms with Crippen LogP contribution < -0.4 is 0 Å². The fourth-order valence-corrected chi connectivity index (χ4v) is 5.41. The molecule has 1 aromatic rings. The number of halogens is 3. The van der Waals surface area contributed by atoms with Crippen LogP contribution in [-0.4, -0.2) is 47.6 Å². The average molecular weight is 472 g/mol. The zero-order valence-corrected chi connectivity index (χ0v) is 18.7. The molecule has 1 aliphatic carbocycles. The second-order valence-corrected chi connectivity index (χ2v) is 11.6. The first-order chi connectivity index (χ1) is 13.8. The smallest absolute Gasteiger partial charge is 0.270 e. The zero-order chi connectivity index (χ0) is 22.6. The molecule has 0 saturated heterocycles. The molecule has 0 atom stereocenters. The SMILES string of the molecule is CN(C[C@H]1CC[C@H](CCCOS(C)(=O)=O)CC1)S(=O)(=O)c1ccc(C(F)(F)F)cc1. The van der Waals surface area contributed by atoms with Gasteiger partial charge in [0, 0.05) is 13.6 Å². The van der Waals surface area contributed by atoms with Gasteiger partial charge in [0.15, 0.2) is 0 Å². The van der Waals surface area contributed by atoms with Crippen molar-refractivity contribution in [2.45, 2.75) is 49.6 Å². The van der Waals surface area contributed by atoms with Crippen LogP contribution in [0, 0.1) is 11.8 Å². The Morgan fingerprint density at radius 3 is 2.03 bits per heavy atom. The molecule has 30 heavy (non-hydrogen) atoms. The normalized spacial score (nSPS) is 21.1. The van der Waals surface area contributed by atoms with E-state index in [1.807, 2.05) is 0 Å². The highest BCUT2D eigenvalue weighted by molar-refractivity contribution is 7.89. The lowest BCUT2D eigenvalue weighted by Gasteiger charge is -2.31. The molecule has 1 aromatic carbocycles. The number of hydrogen-bond donors (Lipinski definition) is 0. The molecule has 0 N–H and O–H groups in total. The Morgan fingerprint density at radius 1 is 1.00 bits per heavy atom. The molecule has 0 aliphatic heterocycles. The van der Waals surface area contributed by atoms with E-state index in [1.54, 1.807) is 0 Å². The molecule has 1 aliphatic rings. The maximum absolute atomic E-state index is 12.7. The monoisotopic (exact) mass is 471 g/mol. The van der Waals surface area contributed by atoms with Gasteiger partial charge in [-0.3, -0.25) is 4.18 Å². The van der Waals surface area contributed by atoms with Gasteiger partial charge in [0.25, 0.3) is 10.1 Å². The summed E-state index contributed by atoms with van der Waals surface area (Å²) >= 11 is 0. The Morgan fingerprint density at radius 2 is 1.53 bits per heavy atom. The third kappa shape index (κ3) is 7.51. The van der Waals surface area contributed by atoms with Gasteiger partial charge in [0.05, 0.1) is 23.3 Å². The zero-order valence-electron chi connectivity index (χ0n) is 17.1. The second-order valence-electron chi connectivity index (χ2n) is 7.86. The quantitative estimate of drug-likeness (QED) is 0.403. The Bertz CT molecular complexity index is 891. The fraction of sp³-hybridized carbons (Fsp3) is 0.684. The van der Waals surface area contributed by atoms with Crippen LogP contribution in [0.5, 0.6) is 0 Å². The van der Waals surface area contributed by atoms with E-state index in [2.05, 4.69) is 0 Å². The molecule has 0 unspecified atom stereocenters. The van der Waals surface area contributed by atoms with Crippen LogP contribution in [-0.2, 0) is 30.5 Å². The van der Waals surface area contributed by atoms with E-state index in [0.717, 1.165) is 62.6 Å². The first-order valence-electron chi connectivity index (χ1n) is 9.77. The molecule has 1 fully saturated rings. The number of nitrogens with zero attached hydrogens (tertiary/aromatic N) is 1. The van der Waals surface area contributed by atoms with Gasteiger partial charge in [-0.15, -0.1) is 0 Å². The molecule has 1 saturated carbocycles. The third-order valence-corrected chi connectivity index (χ3v) is 7.86. The molecule has 0 bridgehead atoms. The lowest BCUT2D eigenvalue weighted by atomic mass is 9.80. The summed E-state index contributed by atoms with van der Waals surface area (Å²) in [6.45, 7) is 0.486. The highest BCUT2D eigenvalue weighted by Gasteiger charge is 2.32. The minimum atomic E-state index is -4.51. The van der Waals surface area contributed by atoms with Crippen molar-refractivity contribution in [1.82, 2.24) is 4.31 Å². The van der Waals surface area contributed by atoms with E-state index in [-0.39, 0.29) is 17.4 Å². The maximum atomic E-state index is 12.7. The Hall–Kier alpha value is -1.17. The molecule has 0 aromatic heterocycles. The first kappa shape index (κ1) is 25.1. The predicted octanol–water partition coefficient (Wildman–Crippen LogP) is 3.89. The Balaban J connectivity index is 1.83. The van der Waals surface area contributed by atoms with Crippen molar-refractivity contribution in [2.24, 2.45) is 11.8 Å². The van der Waals surface area contributed by atoms with Gasteiger partial charge in [-0.05, 0) is 61.8 Å². The van der Waals surface area contributed by atoms with Crippen LogP contribution in [0.3, 0.4) is 0 Å². The van der Waals surface area contributed by atoms with Crippen LogP contribution in [0.1, 0.15) is 44.1 Å². The second kappa shape index (κ2) is 9.97. The van der Waals surface area contributed by atoms with Gasteiger partial charge in [-0.1, -0.05) is 12.8 Å². The highest BCUT2D eigenvalue weighted by Crippen LogP contribution is 2.33. The van der Waals surface area contributed by atoms with Crippen LogP contribution in [0.2, 0.25) is 0 Å². The molecule has 0 radical (unpaired) electrons. The predicted molar refractivity (Wildman–Crippen MR) is 107 cm³/mol. The third-order valence-electron chi connectivity index (χ3n) is 5.43. The standard InChI is InChI=1S/C19H28F3NO5S2/c1-23(30(26,27)18-11-9-17(10-12-18)19(20,21)22)14-16-7-5-15(6-8-16)4-3-13-28-29(2,24)25/h9-12,15-16H,3-8,13-14H2,1-2H3/t15-,16-. The topological polar surface area (TPSA) is 80.8 Å². The van der Waals surface area contributed by atoms with E-state index < -0.39 is 31.9 Å². The summed E-state index contributed by atoms with van der Waals surface area (Å²) in [6, 6.07) is 3.53. The molecule has 172 valence electrons. The van der Waals surface area contributed by atoms with Crippen LogP contribution in [0.4, 0.5) is 13.2 Å². The highest BCUT2D eigenvalue weighted by atomic mass is 32.2. The van der Waals surface area contributed by atoms with Crippen molar-refractivity contribution in [3.05, 3.63) is 29.8 Å². The van der Waals surface area contributed by atoms with Crippen LogP contribution in [0.15, 0.2) is 29.2 Å². The van der Waals surface area contributed by atoms with E-state index in [0.29, 0.717) is 18.9 Å². The molecule has 11 heteroatoms. The van der Waals surface area contributed by atoms with E-state index >= 15 is 0 Å². The largest absolute Gasteiger partial charge is 0.416 e. The fourth-order valence-electron chi connectivity index (χ4n) is 3.74. The van der Waals surface area contributed by atoms with Gasteiger partial charge in [-0.2, -0.15) is 21.6 Å². The minimum absolute atomic E-state index is 0.155. The average Bonchev–Trinajstić information content (AvgIpc) is 2.65. The molecule has 2 rings (SSSR count). The summed E-state index contributed by atoms with van der Waals surface area (Å²) < 4.78 is 91.2. The van der Waals surface area contributed by atoms with Crippen molar-refractivity contribution >= 4 is 20.1 Å². The molecular weight excluding hydrogens is 443 g/mol. The summed E-state index contributed by atoms with van der Waals surface area (Å²) in [7, 11) is -5.82. The number of alkyl halides is 3. The maximum Gasteiger partial charge on any atom is 0.416 e. The molecule has 6 nitrogen and oxygen atoms in total. The minimum Gasteiger partial charge on any atom is -0.270 e. The number of hydrogen-bond acceptors (Lipinski definition) is 5. The van der Waals surface area contributed by atoms with Crippen molar-refractivity contribution in [3.63, 3.8) is 0 Å². The van der Waals surface area contributed by atoms with Crippen LogP contribution in [0.25, 0.3) is 0 Å². The number of benzene rings is 1. The Labute approximate surface area is 176 Å². The van der Waals surface area contributed by atoms with Crippen molar-refractivity contribution < 1.29 is 34.2 Å². The van der Waals surface area contributed by atoms with Gasteiger partial charge < -0.3 is 0 Å². The van der Waals surface area contributed by atoms with Gasteiger partial charge in [0.2, 0.25) is 10.0 Å². The summed E-state index contributed by atoms with van der Waals surface area (Å²) in [5.74, 6) is 0.643. The van der Waals surface area contributed by atoms with Gasteiger partial charge in [-0.25, -0.2) is 12.7 Å². The molecule has 0 heterocycles. The summed E-state index contributed by atoms with van der Waals surface area (Å²) in [5, 5.41) is 0. The molecule has 0 spiro atoms. The summed E-state index contributed by atoms with van der Waals surface area (Å²) in [5.41, 5.74) is -0.885. The van der Waals surface area contributed by atoms with Crippen molar-refractivity contribution in [2.75, 3.05) is 26.5 Å². The molecular formula is C19H28F3NO5S2. The van der Waals surface area contributed by atoms with E-state index in [4.69, 9.17) is 4.18 Å². The van der Waals surface area contributed by atoms with E-state index in [9.17, 15) is 30.0 Å². The first-order valence-corrected chi connectivity index (χ1v) is 13.0. The van der Waals surface area contributed by atoms with Gasteiger partial charge >= 0.3 is 6.18 Å². The number of sulfonamides is 1. The van der Waals surface area contributed by atoms with Crippen molar-refractivity contribution in [3.8, 4) is 0 Å². The van der Waals surface area contributed by atoms with Crippen LogP contribution >= 0.6 is 0 Å². The van der Waals surface area contributed by atoms with E-state index in [1.165, 1.54) is 11.4 Å². The Kier molecular flexibility index (Phi) is 8.34. The molecule has 0 amide bonds. The summed E-state index contributed by atoms with van der Waals surface area (Å²) in [4.78, 5) is -0.155. The number of rotatable bonds is 9.